The Morgan fingerprint density at radius 1 is 0.535 bits per heavy atom. The van der Waals surface area contributed by atoms with Crippen molar-refractivity contribution in [2.45, 2.75) is 258 Å². The number of hydrogen-bond donors (Lipinski definition) is 8. The molecule has 1 saturated heterocycles. The molecule has 11 heterocycles. The van der Waals surface area contributed by atoms with Crippen LogP contribution in [0.15, 0.2) is 205 Å². The number of benzene rings is 2. The van der Waals surface area contributed by atoms with Crippen molar-refractivity contribution in [1.29, 1.82) is 0 Å². The number of nitrogens with zero attached hydrogens (tertiary/aromatic N) is 13. The quantitative estimate of drug-likeness (QED) is 0.00359. The van der Waals surface area contributed by atoms with Gasteiger partial charge >= 0.3 is 78.0 Å². The van der Waals surface area contributed by atoms with Crippen molar-refractivity contribution in [3.8, 4) is 29.1 Å². The molecule has 0 amide bonds. The molecule has 2 aromatic carbocycles. The molecule has 1 fully saturated rings. The van der Waals surface area contributed by atoms with E-state index in [0.717, 1.165) is 62.6 Å². The summed E-state index contributed by atoms with van der Waals surface area (Å²) in [6.07, 6.45) is 17.6. The number of rotatable bonds is 22. The fourth-order valence-electron chi connectivity index (χ4n) is 9.87. The molecule has 0 saturated carbocycles. The van der Waals surface area contributed by atoms with Crippen molar-refractivity contribution in [3.05, 3.63) is 270 Å². The second kappa shape index (κ2) is 76.1. The molecule has 0 bridgehead atoms. The van der Waals surface area contributed by atoms with E-state index >= 15 is 0 Å². The number of azide groups is 2. The number of aliphatic hydroxyl groups is 7. The van der Waals surface area contributed by atoms with Crippen LogP contribution in [0.1, 0.15) is 220 Å². The van der Waals surface area contributed by atoms with Crippen LogP contribution in [0.5, 0.6) is 29.1 Å². The third-order valence-electron chi connectivity index (χ3n) is 20.2. The minimum Gasteiger partial charge on any atom is -0.850 e. The summed E-state index contributed by atoms with van der Waals surface area (Å²) in [6.45, 7) is 49.0. The van der Waals surface area contributed by atoms with Gasteiger partial charge in [0.15, 0.2) is 25.0 Å². The Balaban J connectivity index is -0.00000150. The zero-order valence-electron chi connectivity index (χ0n) is 87.3. The van der Waals surface area contributed by atoms with E-state index in [1.54, 1.807) is 194 Å². The Bertz CT molecular complexity index is 4770. The number of carbonyl (C=O) groups is 1. The maximum atomic E-state index is 12.3. The van der Waals surface area contributed by atoms with Gasteiger partial charge in [-0.05, 0) is 191 Å². The van der Waals surface area contributed by atoms with Gasteiger partial charge in [-0.2, -0.15) is 6.07 Å². The Morgan fingerprint density at radius 2 is 0.930 bits per heavy atom. The maximum Gasteiger partial charge on any atom is 1.00 e. The Morgan fingerprint density at radius 3 is 1.29 bits per heavy atom. The van der Waals surface area contributed by atoms with E-state index in [-0.39, 0.29) is 117 Å². The van der Waals surface area contributed by atoms with Gasteiger partial charge < -0.3 is 92.7 Å². The van der Waals surface area contributed by atoms with E-state index in [1.807, 2.05) is 42.5 Å². The SMILES string of the molecule is C1CCOC1.CC(C)(C)O.CC(C)(C)[O-].CC(C)(C)[Si](C)(C)OCCC(O)c1cccnc1Cl.CC(C)(C)[Si](C)(C)OCCC=O.CC(C)(C)[Si](C)(C)OCCCO.CO.Clc1[c-]cccn1.Clc1ccccn1.NC1CCOc2ncccc21.OC1CCOc2ncccc21.OCCC(O)c1cccnc1Cl.[K+].[Li+].[N-]=[N+]=NC1CCOc2ncccc21.[N-]=[N+]=NP(=O)(Oc1ccccc1)Oc1ccccc1. The maximum absolute atomic E-state index is 12.3. The van der Waals surface area contributed by atoms with Crippen LogP contribution < -0.4 is 104 Å². The van der Waals surface area contributed by atoms with Gasteiger partial charge in [0, 0.05) is 170 Å². The molecule has 9 N–H and O–H groups in total. The van der Waals surface area contributed by atoms with Crippen molar-refractivity contribution >= 4 is 85.4 Å². The van der Waals surface area contributed by atoms with Gasteiger partial charge in [0.05, 0.1) is 49.8 Å². The van der Waals surface area contributed by atoms with Gasteiger partial charge in [-0.1, -0.05) is 208 Å². The molecule has 0 spiro atoms. The average Bonchev–Trinajstić information content (AvgIpc) is 1.66. The van der Waals surface area contributed by atoms with Gasteiger partial charge in [-0.3, -0.25) is 4.98 Å². The summed E-state index contributed by atoms with van der Waals surface area (Å²) >= 11 is 22.5. The van der Waals surface area contributed by atoms with Crippen molar-refractivity contribution < 1.29 is 162 Å². The minimum absolute atomic E-state index is 0. The number of aromatic nitrogens is 7. The number of pyridine rings is 7. The van der Waals surface area contributed by atoms with Gasteiger partial charge in [-0.25, -0.2) is 46.6 Å². The van der Waals surface area contributed by atoms with Crippen LogP contribution in [-0.2, 0) is 27.4 Å². The van der Waals surface area contributed by atoms with Gasteiger partial charge in [0.25, 0.3) is 0 Å². The first-order valence-corrected chi connectivity index (χ1v) is 57.4. The van der Waals surface area contributed by atoms with Crippen LogP contribution in [0, 0.1) is 6.07 Å². The number of carbonyl (C=O) groups excluding carboxylic acids is 1. The molecule has 778 valence electrons. The van der Waals surface area contributed by atoms with Crippen molar-refractivity contribution in [2.75, 3.05) is 73.2 Å². The van der Waals surface area contributed by atoms with E-state index in [4.69, 9.17) is 125 Å². The van der Waals surface area contributed by atoms with E-state index in [2.05, 4.69) is 162 Å². The molecule has 0 aliphatic carbocycles. The Labute approximate surface area is 919 Å². The largest absolute Gasteiger partial charge is 1.00 e. The first-order chi connectivity index (χ1) is 65.7. The first-order valence-electron chi connectivity index (χ1n) is 45.7. The predicted octanol–water partition coefficient (Wildman–Crippen LogP) is 17.5. The summed E-state index contributed by atoms with van der Waals surface area (Å²) < 4.78 is 61.0. The summed E-state index contributed by atoms with van der Waals surface area (Å²) in [5, 5.41) is 77.8. The summed E-state index contributed by atoms with van der Waals surface area (Å²) in [5.74, 6) is 2.46. The van der Waals surface area contributed by atoms with E-state index in [9.17, 15) is 29.8 Å². The van der Waals surface area contributed by atoms with Crippen LogP contribution in [0.25, 0.3) is 20.9 Å². The van der Waals surface area contributed by atoms with E-state index in [0.29, 0.717) is 120 Å². The van der Waals surface area contributed by atoms with Gasteiger partial charge in [0.1, 0.15) is 33.2 Å². The fraction of sp³-hybridized carbons (Fsp3) is 0.515. The molecule has 5 atom stereocenters. The molecule has 7 aromatic heterocycles. The fourth-order valence-corrected chi connectivity index (χ4v) is 14.8. The predicted molar refractivity (Wildman–Crippen MR) is 562 cm³/mol. The third-order valence-corrected chi connectivity index (χ3v) is 36.0. The number of nitrogens with two attached hydrogens (primary N) is 1. The monoisotopic (exact) mass is 2140 g/mol. The Kier molecular flexibility index (Phi) is 74.9. The number of aliphatic hydroxyl groups excluding tert-OH is 6. The smallest absolute Gasteiger partial charge is 0.850 e. The summed E-state index contributed by atoms with van der Waals surface area (Å²) in [5.41, 5.74) is 25.3. The zero-order valence-corrected chi connectivity index (χ0v) is 97.3. The van der Waals surface area contributed by atoms with Crippen LogP contribution in [0.3, 0.4) is 0 Å². The van der Waals surface area contributed by atoms with E-state index in [1.165, 1.54) is 12.8 Å². The summed E-state index contributed by atoms with van der Waals surface area (Å²) in [6, 6.07) is 46.5. The van der Waals surface area contributed by atoms with Crippen LogP contribution >= 0.6 is 54.2 Å². The van der Waals surface area contributed by atoms with E-state index < -0.39 is 62.2 Å². The molecule has 4 aliphatic rings. The number of hydrogen-bond acceptors (Lipinski definition) is 28. The molecule has 9 aromatic rings. The molecule has 142 heavy (non-hydrogen) atoms. The Hall–Kier alpha value is -6.47. The van der Waals surface area contributed by atoms with Crippen LogP contribution in [0.2, 0.25) is 75.0 Å². The van der Waals surface area contributed by atoms with Gasteiger partial charge in [-0.15, -0.1) is 5.60 Å². The van der Waals surface area contributed by atoms with Crippen LogP contribution in [-0.4, -0.2) is 186 Å². The summed E-state index contributed by atoms with van der Waals surface area (Å²) in [7, 11) is -7.86. The minimum atomic E-state index is -3.95. The normalized spacial score (nSPS) is 14.5. The molecule has 43 heteroatoms. The molecular weight excluding hydrogens is 1990 g/mol. The number of fused-ring (bicyclic) bond motifs is 3. The summed E-state index contributed by atoms with van der Waals surface area (Å²) in [4.78, 5) is 45.8. The molecular formula is C99H151Cl4KLiN14O19PSi3. The zero-order chi connectivity index (χ0) is 106. The molecule has 13 rings (SSSR count). The number of aldehydes is 1. The molecule has 4 aliphatic heterocycles. The number of halogens is 4. The number of para-hydroxylation sites is 2. The molecule has 0 radical (unpaired) electrons. The average molecular weight is 2140 g/mol. The van der Waals surface area contributed by atoms with Crippen molar-refractivity contribution in [3.63, 3.8) is 0 Å². The van der Waals surface area contributed by atoms with Crippen molar-refractivity contribution in [2.24, 2.45) is 15.7 Å². The second-order valence-corrected chi connectivity index (χ2v) is 54.6. The topological polar surface area (TPSA) is 496 Å². The first kappa shape index (κ1) is 140. The molecule has 5 unspecified atom stereocenters. The number of ether oxygens (including phenoxy) is 4. The standard InChI is InChI=1S/C14H24ClNO2Si.C12H10N3O3P.C9H22O2Si.C9H20O2Si.C8H10ClNO2.C8H8N4O.C8H10N2O.C8H9NO2.C5H4ClN.C5H3ClN.C4H8O.C4H10O.C4H9O.CH4O.K.Li/c1-14(2,3)19(4,5)18-10-8-12(17)11-7-6-9-16-13(11)15;13-14-15-19(16,17-11-7-3-1-4-8-11)18-12-9-5-2-6-10-12;2*1-9(2,3)12(4,5)11-8-6-7-10;9-8-6(2-1-4-10-8)7(12)3-5-11;9-12-11-7-3-5-13-8-6(7)2-1-4-10-8;9-7-3-5-11-8-6(7)2-1-4-10-8;10-7-3-5-11-8-6(7)2-1-4-9-8;2*6-5-3-1-2-4-7-5;1-2-4-5-3-1;2*1-4(2,3)5;1-2;;/h6-7,9,12,17H,8,10H2,1-5H3;1-10H;10H,6-8H2,1-5H3;7H,6,8H2,1-5H3;1-2,4,7,11-12H,3,5H2;1-2,4,7H,3,5H2;1-2,4,7H,3,5,9H2;1-2,4,7,10H,3,5H2;1-4H;1-2,4H;1-4H2;5H,1-3H3;1-3H3;2H,1H3;;/q;;;;;;;;;-1;;;-1;;2*+1. The van der Waals surface area contributed by atoms with Gasteiger partial charge in [0.2, 0.25) is 17.6 Å². The third kappa shape index (κ3) is 65.3. The second-order valence-electron chi connectivity index (χ2n) is 37.2. The molecule has 33 nitrogen and oxygen atoms in total. The van der Waals surface area contributed by atoms with Crippen molar-refractivity contribution in [1.82, 2.24) is 34.9 Å². The van der Waals surface area contributed by atoms with Crippen LogP contribution in [0.4, 0.5) is 0 Å².